The number of hydrogen-bond donors (Lipinski definition) is 1. The number of rotatable bonds is 4. The van der Waals surface area contributed by atoms with E-state index in [4.69, 9.17) is 4.74 Å². The summed E-state index contributed by atoms with van der Waals surface area (Å²) in [6, 6.07) is 0. The molecule has 1 fully saturated rings. The van der Waals surface area contributed by atoms with E-state index in [-0.39, 0.29) is 31.0 Å². The summed E-state index contributed by atoms with van der Waals surface area (Å²) in [5.74, 6) is 0.0643. The first kappa shape index (κ1) is 13.7. The van der Waals surface area contributed by atoms with Crippen LogP contribution in [0.4, 0.5) is 0 Å². The molecule has 0 bridgehead atoms. The number of nitrogens with one attached hydrogen (secondary N) is 1. The summed E-state index contributed by atoms with van der Waals surface area (Å²) in [5.41, 5.74) is 0. The van der Waals surface area contributed by atoms with E-state index >= 15 is 0 Å². The van der Waals surface area contributed by atoms with Crippen LogP contribution in [0.25, 0.3) is 0 Å². The van der Waals surface area contributed by atoms with E-state index in [2.05, 4.69) is 5.32 Å². The van der Waals surface area contributed by atoms with Gasteiger partial charge in [0.2, 0.25) is 5.91 Å². The van der Waals surface area contributed by atoms with Crippen molar-refractivity contribution in [2.45, 2.75) is 19.4 Å². The molecule has 0 saturated carbocycles. The zero-order chi connectivity index (χ0) is 9.68. The molecule has 1 rings (SSSR count). The highest BCUT2D eigenvalue weighted by Gasteiger charge is 2.16. The van der Waals surface area contributed by atoms with Crippen LogP contribution < -0.4 is 5.32 Å². The lowest BCUT2D eigenvalue weighted by molar-refractivity contribution is -0.136. The van der Waals surface area contributed by atoms with Crippen molar-refractivity contribution in [3.8, 4) is 0 Å². The summed E-state index contributed by atoms with van der Waals surface area (Å²) in [6.07, 6.45) is 1.25. The highest BCUT2D eigenvalue weighted by atomic mass is 35.5. The van der Waals surface area contributed by atoms with Gasteiger partial charge in [-0.3, -0.25) is 4.79 Å². The summed E-state index contributed by atoms with van der Waals surface area (Å²) in [6.45, 7) is 4.79. The van der Waals surface area contributed by atoms with Gasteiger partial charge in [-0.1, -0.05) is 0 Å². The smallest absolute Gasteiger partial charge is 0.248 e. The lowest BCUT2D eigenvalue weighted by atomic mass is 10.3. The van der Waals surface area contributed by atoms with Crippen molar-refractivity contribution < 1.29 is 9.53 Å². The minimum Gasteiger partial charge on any atom is -0.367 e. The molecule has 4 nitrogen and oxygen atoms in total. The van der Waals surface area contributed by atoms with Crippen molar-refractivity contribution >= 4 is 18.3 Å². The number of hydrogen-bond acceptors (Lipinski definition) is 3. The molecule has 14 heavy (non-hydrogen) atoms. The van der Waals surface area contributed by atoms with Gasteiger partial charge in [-0.15, -0.1) is 12.4 Å². The zero-order valence-electron chi connectivity index (χ0n) is 8.78. The monoisotopic (exact) mass is 222 g/mol. The quantitative estimate of drug-likeness (QED) is 0.742. The molecule has 1 aliphatic heterocycles. The number of carbonyl (C=O) groups is 1. The molecule has 0 aliphatic carbocycles. The third-order valence-corrected chi connectivity index (χ3v) is 2.36. The minimum atomic E-state index is 0. The van der Waals surface area contributed by atoms with Gasteiger partial charge < -0.3 is 15.0 Å². The minimum absolute atomic E-state index is 0. The Morgan fingerprint density at radius 1 is 1.64 bits per heavy atom. The van der Waals surface area contributed by atoms with Crippen LogP contribution in [0.3, 0.4) is 0 Å². The Hall–Kier alpha value is -0.320. The molecular formula is C9H19ClN2O2. The maximum atomic E-state index is 11.3. The van der Waals surface area contributed by atoms with Crippen molar-refractivity contribution in [1.82, 2.24) is 10.2 Å². The van der Waals surface area contributed by atoms with Crippen LogP contribution in [-0.2, 0) is 9.53 Å². The van der Waals surface area contributed by atoms with Crippen LogP contribution in [-0.4, -0.2) is 50.2 Å². The molecule has 0 aromatic carbocycles. The summed E-state index contributed by atoms with van der Waals surface area (Å²) in [4.78, 5) is 13.0. The first-order valence-corrected chi connectivity index (χ1v) is 4.80. The molecule has 1 amide bonds. The van der Waals surface area contributed by atoms with Gasteiger partial charge in [0.05, 0.1) is 6.10 Å². The number of amides is 1. The predicted molar refractivity (Wildman–Crippen MR) is 57.8 cm³/mol. The third kappa shape index (κ3) is 4.26. The van der Waals surface area contributed by atoms with Gasteiger partial charge in [0.15, 0.2) is 0 Å². The second-order valence-electron chi connectivity index (χ2n) is 3.33. The van der Waals surface area contributed by atoms with E-state index in [0.29, 0.717) is 0 Å². The molecule has 1 atom stereocenters. The van der Waals surface area contributed by atoms with Gasteiger partial charge in [0.1, 0.15) is 6.61 Å². The summed E-state index contributed by atoms with van der Waals surface area (Å²) < 4.78 is 5.43. The van der Waals surface area contributed by atoms with E-state index in [9.17, 15) is 4.79 Å². The van der Waals surface area contributed by atoms with Crippen LogP contribution in [0.5, 0.6) is 0 Å². The molecule has 0 aromatic heterocycles. The number of halogens is 1. The van der Waals surface area contributed by atoms with Crippen LogP contribution in [0, 0.1) is 0 Å². The lowest BCUT2D eigenvalue weighted by Gasteiger charge is -2.16. The van der Waals surface area contributed by atoms with Crippen molar-refractivity contribution in [2.75, 3.05) is 33.3 Å². The van der Waals surface area contributed by atoms with Crippen LogP contribution in [0.2, 0.25) is 0 Å². The van der Waals surface area contributed by atoms with Crippen molar-refractivity contribution in [3.05, 3.63) is 0 Å². The number of carbonyl (C=O) groups excluding carboxylic acids is 1. The molecule has 5 heteroatoms. The Morgan fingerprint density at radius 3 is 2.86 bits per heavy atom. The van der Waals surface area contributed by atoms with E-state index in [1.807, 2.05) is 6.92 Å². The van der Waals surface area contributed by atoms with Gasteiger partial charge in [-0.2, -0.15) is 0 Å². The fourth-order valence-corrected chi connectivity index (χ4v) is 1.25. The molecule has 0 aromatic rings. The normalized spacial score (nSPS) is 20.3. The van der Waals surface area contributed by atoms with Gasteiger partial charge in [0.25, 0.3) is 0 Å². The Balaban J connectivity index is 0.00000169. The van der Waals surface area contributed by atoms with Crippen molar-refractivity contribution in [2.24, 2.45) is 0 Å². The standard InChI is InChI=1S/C9H18N2O2.ClH/c1-3-11(2)9(12)7-13-8-4-5-10-6-8;/h8,10H,3-7H2,1-2H3;1H/t8-;/m1./s1. The molecule has 1 saturated heterocycles. The SMILES string of the molecule is CCN(C)C(=O)CO[C@@H]1CCNC1.Cl. The molecule has 1 heterocycles. The Labute approximate surface area is 91.4 Å². The average molecular weight is 223 g/mol. The average Bonchev–Trinajstić information content (AvgIpc) is 2.65. The summed E-state index contributed by atoms with van der Waals surface area (Å²) in [5, 5.41) is 3.19. The fourth-order valence-electron chi connectivity index (χ4n) is 1.25. The van der Waals surface area contributed by atoms with Crippen LogP contribution >= 0.6 is 12.4 Å². The fraction of sp³-hybridized carbons (Fsp3) is 0.889. The van der Waals surface area contributed by atoms with Gasteiger partial charge in [-0.25, -0.2) is 0 Å². The third-order valence-electron chi connectivity index (χ3n) is 2.36. The van der Waals surface area contributed by atoms with E-state index in [1.54, 1.807) is 11.9 Å². The summed E-state index contributed by atoms with van der Waals surface area (Å²) in [7, 11) is 1.79. The van der Waals surface area contributed by atoms with E-state index in [0.717, 1.165) is 26.1 Å². The Bertz CT molecular complexity index is 172. The molecule has 1 N–H and O–H groups in total. The first-order chi connectivity index (χ1) is 6.24. The van der Waals surface area contributed by atoms with E-state index in [1.165, 1.54) is 0 Å². The molecule has 0 radical (unpaired) electrons. The maximum Gasteiger partial charge on any atom is 0.248 e. The van der Waals surface area contributed by atoms with Gasteiger partial charge >= 0.3 is 0 Å². The number of nitrogens with zero attached hydrogens (tertiary/aromatic N) is 1. The predicted octanol–water partition coefficient (Wildman–Crippen LogP) is 0.265. The zero-order valence-corrected chi connectivity index (χ0v) is 9.60. The lowest BCUT2D eigenvalue weighted by Crippen LogP contribution is -2.32. The molecule has 0 unspecified atom stereocenters. The molecule has 0 spiro atoms. The Kier molecular flexibility index (Phi) is 6.87. The van der Waals surface area contributed by atoms with Crippen LogP contribution in [0.15, 0.2) is 0 Å². The van der Waals surface area contributed by atoms with Gasteiger partial charge in [0, 0.05) is 20.1 Å². The second-order valence-corrected chi connectivity index (χ2v) is 3.33. The Morgan fingerprint density at radius 2 is 2.36 bits per heavy atom. The second kappa shape index (κ2) is 7.04. The topological polar surface area (TPSA) is 41.6 Å². The first-order valence-electron chi connectivity index (χ1n) is 4.80. The molecule has 84 valence electrons. The highest BCUT2D eigenvalue weighted by molar-refractivity contribution is 5.85. The molecule has 1 aliphatic rings. The van der Waals surface area contributed by atoms with Crippen molar-refractivity contribution in [3.63, 3.8) is 0 Å². The molecular weight excluding hydrogens is 204 g/mol. The number of likely N-dealkylation sites (N-methyl/N-ethyl adjacent to an activating group) is 1. The summed E-state index contributed by atoms with van der Waals surface area (Å²) >= 11 is 0. The largest absolute Gasteiger partial charge is 0.367 e. The van der Waals surface area contributed by atoms with Crippen LogP contribution in [0.1, 0.15) is 13.3 Å². The van der Waals surface area contributed by atoms with Crippen molar-refractivity contribution in [1.29, 1.82) is 0 Å². The highest BCUT2D eigenvalue weighted by Crippen LogP contribution is 2.02. The van der Waals surface area contributed by atoms with Gasteiger partial charge in [-0.05, 0) is 19.9 Å². The number of ether oxygens (including phenoxy) is 1. The maximum absolute atomic E-state index is 11.3. The van der Waals surface area contributed by atoms with E-state index < -0.39 is 0 Å².